The second kappa shape index (κ2) is 15.7. The van der Waals surface area contributed by atoms with Crippen molar-refractivity contribution in [1.29, 1.82) is 0 Å². The largest absolute Gasteiger partial charge is 0.480 e. The van der Waals surface area contributed by atoms with Crippen molar-refractivity contribution in [2.45, 2.75) is 51.0 Å². The van der Waals surface area contributed by atoms with Gasteiger partial charge in [-0.3, -0.25) is 19.2 Å². The summed E-state index contributed by atoms with van der Waals surface area (Å²) in [5, 5.41) is 29.2. The van der Waals surface area contributed by atoms with E-state index in [9.17, 15) is 33.9 Å². The van der Waals surface area contributed by atoms with Gasteiger partial charge in [0.2, 0.25) is 17.7 Å². The van der Waals surface area contributed by atoms with Crippen LogP contribution in [0.5, 0.6) is 0 Å². The van der Waals surface area contributed by atoms with Crippen LogP contribution in [0.1, 0.15) is 65.7 Å². The average molecular weight is 574 g/mol. The van der Waals surface area contributed by atoms with Crippen LogP contribution in [0.2, 0.25) is 0 Å². The van der Waals surface area contributed by atoms with Gasteiger partial charge < -0.3 is 36.4 Å². The van der Waals surface area contributed by atoms with Gasteiger partial charge in [0.15, 0.2) is 0 Å². The molecule has 13 nitrogen and oxygen atoms in total. The lowest BCUT2D eigenvalue weighted by molar-refractivity contribution is -0.142. The Bertz CT molecular complexity index is 1100. The molecule has 13 heteroatoms. The van der Waals surface area contributed by atoms with Crippen molar-refractivity contribution < 1.29 is 39.0 Å². The van der Waals surface area contributed by atoms with E-state index in [-0.39, 0.29) is 42.5 Å². The molecule has 6 N–H and O–H groups in total. The highest BCUT2D eigenvalue weighted by molar-refractivity contribution is 5.96. The van der Waals surface area contributed by atoms with Crippen molar-refractivity contribution in [3.8, 4) is 0 Å². The molecule has 2 heterocycles. The fourth-order valence-electron chi connectivity index (χ4n) is 5.04. The molecule has 2 saturated heterocycles. The van der Waals surface area contributed by atoms with Gasteiger partial charge in [-0.05, 0) is 75.4 Å². The van der Waals surface area contributed by atoms with E-state index in [0.717, 1.165) is 32.4 Å². The fraction of sp³-hybridized carbons (Fsp3) is 0.571. The maximum Gasteiger partial charge on any atom is 0.335 e. The number of hydrogen-bond donors (Lipinski definition) is 6. The third-order valence-electron chi connectivity index (χ3n) is 7.52. The molecule has 2 aliphatic heterocycles. The van der Waals surface area contributed by atoms with Crippen molar-refractivity contribution >= 4 is 35.6 Å². The van der Waals surface area contributed by atoms with E-state index >= 15 is 0 Å². The minimum absolute atomic E-state index is 0.0324. The summed E-state index contributed by atoms with van der Waals surface area (Å²) in [6.07, 6.45) is 4.52. The Morgan fingerprint density at radius 2 is 1.61 bits per heavy atom. The Hall–Kier alpha value is -4.00. The lowest BCUT2D eigenvalue weighted by Crippen LogP contribution is -2.51. The molecule has 0 saturated carbocycles. The molecular weight excluding hydrogens is 534 g/mol. The minimum atomic E-state index is -1.36. The summed E-state index contributed by atoms with van der Waals surface area (Å²) in [6, 6.07) is 3.90. The van der Waals surface area contributed by atoms with Crippen LogP contribution in [0.3, 0.4) is 0 Å². The van der Waals surface area contributed by atoms with Crippen LogP contribution in [0, 0.1) is 11.8 Å². The zero-order valence-corrected chi connectivity index (χ0v) is 23.0. The molecule has 1 aromatic carbocycles. The highest BCUT2D eigenvalue weighted by atomic mass is 16.4. The molecule has 0 aromatic heterocycles. The topological polar surface area (TPSA) is 194 Å². The Morgan fingerprint density at radius 3 is 2.27 bits per heavy atom. The van der Waals surface area contributed by atoms with Gasteiger partial charge in [0.1, 0.15) is 6.04 Å². The first kappa shape index (κ1) is 31.5. The van der Waals surface area contributed by atoms with E-state index in [1.54, 1.807) is 4.90 Å². The predicted octanol–water partition coefficient (Wildman–Crippen LogP) is 0.209. The third-order valence-corrected chi connectivity index (χ3v) is 7.52. The average Bonchev–Trinajstić information content (AvgIpc) is 2.98. The van der Waals surface area contributed by atoms with Crippen LogP contribution in [0.4, 0.5) is 0 Å². The number of benzene rings is 1. The van der Waals surface area contributed by atoms with E-state index in [2.05, 4.69) is 21.3 Å². The van der Waals surface area contributed by atoms with Crippen LogP contribution in [-0.4, -0.2) is 96.0 Å². The molecule has 0 unspecified atom stereocenters. The fourth-order valence-corrected chi connectivity index (χ4v) is 5.04. The third kappa shape index (κ3) is 10.2. The number of likely N-dealkylation sites (tertiary alicyclic amines) is 1. The number of rotatable bonds is 13. The van der Waals surface area contributed by atoms with E-state index in [1.165, 1.54) is 24.3 Å². The van der Waals surface area contributed by atoms with Crippen molar-refractivity contribution in [1.82, 2.24) is 26.2 Å². The lowest BCUT2D eigenvalue weighted by atomic mass is 9.92. The molecule has 0 spiro atoms. The van der Waals surface area contributed by atoms with Gasteiger partial charge >= 0.3 is 11.9 Å². The molecule has 3 rings (SSSR count). The van der Waals surface area contributed by atoms with Crippen molar-refractivity contribution in [2.75, 3.05) is 39.3 Å². The number of nitrogens with one attached hydrogen (secondary N) is 4. The van der Waals surface area contributed by atoms with Gasteiger partial charge in [-0.2, -0.15) is 0 Å². The summed E-state index contributed by atoms with van der Waals surface area (Å²) in [4.78, 5) is 74.3. The SMILES string of the molecule is O=C(CCNC(=O)c1ccc(C(=O)O)cc1)N[C@H](CNC(=O)[C@@H]1CCCN(C(=O)CCC2CCNCC2)C1)C(=O)O. The second-order valence-corrected chi connectivity index (χ2v) is 10.5. The van der Waals surface area contributed by atoms with E-state index in [0.29, 0.717) is 38.3 Å². The Balaban J connectivity index is 1.38. The first-order valence-corrected chi connectivity index (χ1v) is 14.0. The van der Waals surface area contributed by atoms with Gasteiger partial charge in [0, 0.05) is 44.6 Å². The lowest BCUT2D eigenvalue weighted by Gasteiger charge is -2.33. The van der Waals surface area contributed by atoms with Gasteiger partial charge in [0.25, 0.3) is 5.91 Å². The monoisotopic (exact) mass is 573 g/mol. The Labute approximate surface area is 238 Å². The summed E-state index contributed by atoms with van der Waals surface area (Å²) >= 11 is 0. The number of carbonyl (C=O) groups excluding carboxylic acids is 4. The van der Waals surface area contributed by atoms with Crippen LogP contribution in [0.25, 0.3) is 0 Å². The minimum Gasteiger partial charge on any atom is -0.480 e. The standard InChI is InChI=1S/C28H39N5O8/c34-23(11-14-30-25(36)19-4-6-20(7-5-19)27(38)39)32-22(28(40)41)16-31-26(37)21-2-1-15-33(17-21)24(35)8-3-18-9-12-29-13-10-18/h4-7,18,21-22,29H,1-3,8-17H2,(H,30,36)(H,31,37)(H,32,34)(H,38,39)(H,40,41)/t21-,22-/m1/s1. The highest BCUT2D eigenvalue weighted by Gasteiger charge is 2.30. The molecule has 0 radical (unpaired) electrons. The number of carbonyl (C=O) groups is 6. The molecule has 2 atom stereocenters. The van der Waals surface area contributed by atoms with Gasteiger partial charge in [0.05, 0.1) is 11.5 Å². The molecule has 0 bridgehead atoms. The summed E-state index contributed by atoms with van der Waals surface area (Å²) in [7, 11) is 0. The number of carboxylic acid groups (broad SMARTS) is 2. The number of piperidine rings is 2. The molecule has 0 aliphatic carbocycles. The Morgan fingerprint density at radius 1 is 0.927 bits per heavy atom. The number of nitrogens with zero attached hydrogens (tertiary/aromatic N) is 1. The van der Waals surface area contributed by atoms with Gasteiger partial charge in [-0.25, -0.2) is 9.59 Å². The van der Waals surface area contributed by atoms with Crippen LogP contribution in [0.15, 0.2) is 24.3 Å². The molecule has 2 aliphatic rings. The summed E-state index contributed by atoms with van der Waals surface area (Å²) < 4.78 is 0. The zero-order chi connectivity index (χ0) is 29.8. The maximum atomic E-state index is 12.8. The summed E-state index contributed by atoms with van der Waals surface area (Å²) in [5.74, 6) is -3.80. The molecule has 1 aromatic rings. The van der Waals surface area contributed by atoms with Crippen LogP contribution >= 0.6 is 0 Å². The number of carboxylic acids is 2. The summed E-state index contributed by atoms with van der Waals surface area (Å²) in [5.41, 5.74) is 0.247. The van der Waals surface area contributed by atoms with Crippen molar-refractivity contribution in [3.63, 3.8) is 0 Å². The summed E-state index contributed by atoms with van der Waals surface area (Å²) in [6.45, 7) is 2.46. The van der Waals surface area contributed by atoms with E-state index in [4.69, 9.17) is 5.11 Å². The number of aliphatic carboxylic acids is 1. The van der Waals surface area contributed by atoms with Gasteiger partial charge in [-0.15, -0.1) is 0 Å². The molecule has 2 fully saturated rings. The normalized spacial score (nSPS) is 18.1. The molecule has 41 heavy (non-hydrogen) atoms. The quantitative estimate of drug-likeness (QED) is 0.191. The molecule has 224 valence electrons. The van der Waals surface area contributed by atoms with Crippen LogP contribution in [-0.2, 0) is 19.2 Å². The van der Waals surface area contributed by atoms with E-state index in [1.807, 2.05) is 0 Å². The second-order valence-electron chi connectivity index (χ2n) is 10.5. The van der Waals surface area contributed by atoms with Crippen LogP contribution < -0.4 is 21.3 Å². The number of hydrogen-bond acceptors (Lipinski definition) is 7. The number of amides is 4. The van der Waals surface area contributed by atoms with E-state index < -0.39 is 35.7 Å². The van der Waals surface area contributed by atoms with Crippen molar-refractivity contribution in [3.05, 3.63) is 35.4 Å². The van der Waals surface area contributed by atoms with Crippen molar-refractivity contribution in [2.24, 2.45) is 11.8 Å². The number of aromatic carboxylic acids is 1. The zero-order valence-electron chi connectivity index (χ0n) is 23.0. The maximum absolute atomic E-state index is 12.8. The predicted molar refractivity (Wildman–Crippen MR) is 147 cm³/mol. The first-order valence-electron chi connectivity index (χ1n) is 14.0. The molecular formula is C28H39N5O8. The van der Waals surface area contributed by atoms with Gasteiger partial charge in [-0.1, -0.05) is 0 Å². The highest BCUT2D eigenvalue weighted by Crippen LogP contribution is 2.21. The smallest absolute Gasteiger partial charge is 0.335 e. The molecule has 4 amide bonds. The first-order chi connectivity index (χ1) is 19.6. The Kier molecular flexibility index (Phi) is 12.1.